The summed E-state index contributed by atoms with van der Waals surface area (Å²) in [5, 5.41) is 11.1. The molecule has 3 aromatic carbocycles. The highest BCUT2D eigenvalue weighted by molar-refractivity contribution is 7.18. The molecule has 1 aromatic heterocycles. The largest absolute Gasteiger partial charge is 0.494 e. The van der Waals surface area contributed by atoms with Gasteiger partial charge >= 0.3 is 11.9 Å². The third-order valence-corrected chi connectivity index (χ3v) is 7.02. The minimum atomic E-state index is -0.916. The topological polar surface area (TPSA) is 72.8 Å². The maximum Gasteiger partial charge on any atom is 0.335 e. The number of ether oxygens (including phenoxy) is 2. The Morgan fingerprint density at radius 2 is 1.42 bits per heavy atom. The molecule has 0 amide bonds. The second kappa shape index (κ2) is 12.2. The van der Waals surface area contributed by atoms with Crippen molar-refractivity contribution in [3.05, 3.63) is 91.0 Å². The van der Waals surface area contributed by atoms with Crippen molar-refractivity contribution >= 4 is 34.0 Å². The fourth-order valence-electron chi connectivity index (χ4n) is 3.88. The average molecular weight is 501 g/mol. The third kappa shape index (κ3) is 6.61. The Labute approximate surface area is 214 Å². The lowest BCUT2D eigenvalue weighted by Crippen LogP contribution is -2.02. The molecule has 0 aliphatic rings. The number of aromatic carboxylic acids is 1. The fraction of sp³-hybridized carbons (Fsp3) is 0.200. The van der Waals surface area contributed by atoms with E-state index >= 15 is 0 Å². The van der Waals surface area contributed by atoms with Gasteiger partial charge in [-0.2, -0.15) is 0 Å². The number of carboxylic acids is 1. The molecule has 4 aromatic rings. The molecule has 36 heavy (non-hydrogen) atoms. The van der Waals surface area contributed by atoms with Gasteiger partial charge in [0.25, 0.3) is 0 Å². The predicted octanol–water partition coefficient (Wildman–Crippen LogP) is 7.60. The highest BCUT2D eigenvalue weighted by Crippen LogP contribution is 2.36. The van der Waals surface area contributed by atoms with E-state index in [1.807, 2.05) is 30.3 Å². The van der Waals surface area contributed by atoms with Crippen molar-refractivity contribution in [2.45, 2.75) is 25.7 Å². The lowest BCUT2D eigenvalue weighted by molar-refractivity contribution is -0.137. The Balaban J connectivity index is 1.28. The summed E-state index contributed by atoms with van der Waals surface area (Å²) >= 11 is 1.72. The van der Waals surface area contributed by atoms with E-state index in [0.717, 1.165) is 58.2 Å². The zero-order valence-electron chi connectivity index (χ0n) is 19.9. The van der Waals surface area contributed by atoms with Gasteiger partial charge in [-0.1, -0.05) is 24.8 Å². The molecule has 0 unspecified atom stereocenters. The normalized spacial score (nSPS) is 10.8. The van der Waals surface area contributed by atoms with Crippen molar-refractivity contribution in [3.63, 3.8) is 0 Å². The minimum Gasteiger partial charge on any atom is -0.494 e. The van der Waals surface area contributed by atoms with Gasteiger partial charge in [0.2, 0.25) is 0 Å². The van der Waals surface area contributed by atoms with Crippen LogP contribution in [0.2, 0.25) is 0 Å². The number of fused-ring (bicyclic) bond motifs is 1. The summed E-state index contributed by atoms with van der Waals surface area (Å²) in [7, 11) is 0. The minimum absolute atomic E-state index is 0.296. The number of rotatable bonds is 12. The van der Waals surface area contributed by atoms with Gasteiger partial charge in [-0.05, 0) is 102 Å². The van der Waals surface area contributed by atoms with Crippen molar-refractivity contribution < 1.29 is 24.2 Å². The maximum absolute atomic E-state index is 11.2. The highest BCUT2D eigenvalue weighted by Gasteiger charge is 2.08. The zero-order valence-corrected chi connectivity index (χ0v) is 20.8. The van der Waals surface area contributed by atoms with Crippen LogP contribution in [0.15, 0.2) is 85.5 Å². The molecule has 1 heterocycles. The molecule has 4 rings (SSSR count). The van der Waals surface area contributed by atoms with E-state index in [9.17, 15) is 14.7 Å². The Hall–Kier alpha value is -3.90. The lowest BCUT2D eigenvalue weighted by Gasteiger charge is -2.07. The van der Waals surface area contributed by atoms with Crippen LogP contribution in [0.1, 0.15) is 36.0 Å². The standard InChI is InChI=1S/C30H28O5S/c1-2-29(31)35-18-6-4-3-5-17-34-26-13-11-21(12-14-26)27-15-16-28(36-27)24-9-7-23-20-25(30(32)33)10-8-22(23)19-24/h2,7-16,19-20H,1,3-6,17-18H2,(H,32,33). The highest BCUT2D eigenvalue weighted by atomic mass is 32.1. The van der Waals surface area contributed by atoms with Gasteiger partial charge in [-0.3, -0.25) is 0 Å². The predicted molar refractivity (Wildman–Crippen MR) is 145 cm³/mol. The zero-order chi connectivity index (χ0) is 25.3. The molecule has 1 N–H and O–H groups in total. The summed E-state index contributed by atoms with van der Waals surface area (Å²) in [6, 6.07) is 23.7. The first-order chi connectivity index (χ1) is 17.5. The van der Waals surface area contributed by atoms with Crippen LogP contribution >= 0.6 is 11.3 Å². The van der Waals surface area contributed by atoms with Gasteiger partial charge < -0.3 is 14.6 Å². The Bertz CT molecular complexity index is 1350. The molecule has 0 aliphatic heterocycles. The van der Waals surface area contributed by atoms with Crippen LogP contribution in [0.3, 0.4) is 0 Å². The van der Waals surface area contributed by atoms with E-state index in [2.05, 4.69) is 36.9 Å². The fourth-order valence-corrected chi connectivity index (χ4v) is 4.88. The van der Waals surface area contributed by atoms with Gasteiger partial charge in [-0.15, -0.1) is 11.3 Å². The second-order valence-electron chi connectivity index (χ2n) is 8.40. The number of hydrogen-bond donors (Lipinski definition) is 1. The average Bonchev–Trinajstić information content (AvgIpc) is 3.40. The number of carbonyl (C=O) groups is 2. The van der Waals surface area contributed by atoms with Crippen LogP contribution in [0, 0.1) is 0 Å². The summed E-state index contributed by atoms with van der Waals surface area (Å²) in [5.41, 5.74) is 2.55. The van der Waals surface area contributed by atoms with E-state index in [-0.39, 0.29) is 5.97 Å². The molecule has 0 radical (unpaired) electrons. The van der Waals surface area contributed by atoms with Gasteiger partial charge in [0, 0.05) is 15.8 Å². The van der Waals surface area contributed by atoms with E-state index < -0.39 is 5.97 Å². The molecular formula is C30H28O5S. The van der Waals surface area contributed by atoms with Crippen molar-refractivity contribution in [1.29, 1.82) is 0 Å². The first-order valence-corrected chi connectivity index (χ1v) is 12.7. The summed E-state index contributed by atoms with van der Waals surface area (Å²) in [6.07, 6.45) is 5.00. The quantitative estimate of drug-likeness (QED) is 0.123. The third-order valence-electron chi connectivity index (χ3n) is 5.83. The van der Waals surface area contributed by atoms with Gasteiger partial charge in [-0.25, -0.2) is 9.59 Å². The Kier molecular flexibility index (Phi) is 8.53. The lowest BCUT2D eigenvalue weighted by atomic mass is 10.0. The Morgan fingerprint density at radius 1 is 0.778 bits per heavy atom. The van der Waals surface area contributed by atoms with Crippen LogP contribution < -0.4 is 4.74 Å². The van der Waals surface area contributed by atoms with E-state index in [0.29, 0.717) is 18.8 Å². The smallest absolute Gasteiger partial charge is 0.335 e. The molecule has 184 valence electrons. The number of thiophene rings is 1. The number of carboxylic acid groups (broad SMARTS) is 1. The molecule has 0 atom stereocenters. The summed E-state index contributed by atoms with van der Waals surface area (Å²) in [4.78, 5) is 24.5. The van der Waals surface area contributed by atoms with Crippen molar-refractivity contribution in [2.75, 3.05) is 13.2 Å². The van der Waals surface area contributed by atoms with Crippen LogP contribution in [0.4, 0.5) is 0 Å². The number of hydrogen-bond acceptors (Lipinski definition) is 5. The second-order valence-corrected chi connectivity index (χ2v) is 9.49. The number of benzene rings is 3. The summed E-state index contributed by atoms with van der Waals surface area (Å²) < 4.78 is 10.8. The van der Waals surface area contributed by atoms with E-state index in [1.165, 1.54) is 11.0 Å². The molecule has 0 saturated heterocycles. The Morgan fingerprint density at radius 3 is 2.14 bits per heavy atom. The van der Waals surface area contributed by atoms with Gasteiger partial charge in [0.05, 0.1) is 18.8 Å². The molecule has 0 saturated carbocycles. The van der Waals surface area contributed by atoms with Crippen LogP contribution in [-0.4, -0.2) is 30.3 Å². The van der Waals surface area contributed by atoms with Gasteiger partial charge in [0.15, 0.2) is 0 Å². The van der Waals surface area contributed by atoms with Crippen molar-refractivity contribution in [2.24, 2.45) is 0 Å². The molecule has 0 spiro atoms. The monoisotopic (exact) mass is 500 g/mol. The molecule has 6 heteroatoms. The molecular weight excluding hydrogens is 472 g/mol. The first-order valence-electron chi connectivity index (χ1n) is 11.9. The number of unbranched alkanes of at least 4 members (excludes halogenated alkanes) is 3. The first kappa shape index (κ1) is 25.2. The van der Waals surface area contributed by atoms with Crippen LogP contribution in [0.25, 0.3) is 31.7 Å². The summed E-state index contributed by atoms with van der Waals surface area (Å²) in [5.74, 6) is -0.432. The number of esters is 1. The molecule has 0 aliphatic carbocycles. The maximum atomic E-state index is 11.2. The summed E-state index contributed by atoms with van der Waals surface area (Å²) in [6.45, 7) is 4.47. The molecule has 0 fully saturated rings. The SMILES string of the molecule is C=CC(=O)OCCCCCCOc1ccc(-c2ccc(-c3ccc4cc(C(=O)O)ccc4c3)s2)cc1. The van der Waals surface area contributed by atoms with Crippen molar-refractivity contribution in [1.82, 2.24) is 0 Å². The van der Waals surface area contributed by atoms with Crippen LogP contribution in [-0.2, 0) is 9.53 Å². The van der Waals surface area contributed by atoms with E-state index in [1.54, 1.807) is 23.5 Å². The van der Waals surface area contributed by atoms with Gasteiger partial charge in [0.1, 0.15) is 5.75 Å². The molecule has 0 bridgehead atoms. The molecule has 5 nitrogen and oxygen atoms in total. The van der Waals surface area contributed by atoms with Crippen molar-refractivity contribution in [3.8, 4) is 26.6 Å². The van der Waals surface area contributed by atoms with Crippen LogP contribution in [0.5, 0.6) is 5.75 Å². The number of carbonyl (C=O) groups excluding carboxylic acids is 1. The van der Waals surface area contributed by atoms with E-state index in [4.69, 9.17) is 9.47 Å².